The molecule has 0 aliphatic heterocycles. The standard InChI is InChI=1S/C16H11N5O3S/c22-25(23,24)21-10-12(16(20-21)14-3-1-2-6-17-14)11-4-5-13-15(9-11)19-8-7-18-13/h1-10H,(H,22,23,24). The Morgan fingerprint density at radius 3 is 2.44 bits per heavy atom. The van der Waals surface area contributed by atoms with Gasteiger partial charge in [-0.15, -0.1) is 4.09 Å². The second kappa shape index (κ2) is 5.72. The maximum absolute atomic E-state index is 11.5. The molecule has 0 radical (unpaired) electrons. The zero-order valence-electron chi connectivity index (χ0n) is 12.7. The lowest BCUT2D eigenvalue weighted by Gasteiger charge is -2.03. The number of benzene rings is 1. The van der Waals surface area contributed by atoms with Crippen LogP contribution in [0.15, 0.2) is 61.2 Å². The summed E-state index contributed by atoms with van der Waals surface area (Å²) in [6.07, 6.45) is 6.00. The molecule has 0 saturated heterocycles. The molecule has 124 valence electrons. The number of rotatable bonds is 3. The molecule has 0 fully saturated rings. The van der Waals surface area contributed by atoms with Gasteiger partial charge in [0.25, 0.3) is 0 Å². The Bertz CT molecular complexity index is 1170. The molecule has 1 aromatic carbocycles. The van der Waals surface area contributed by atoms with Gasteiger partial charge in [-0.25, -0.2) is 0 Å². The van der Waals surface area contributed by atoms with Crippen LogP contribution in [-0.2, 0) is 10.3 Å². The summed E-state index contributed by atoms with van der Waals surface area (Å²) in [4.78, 5) is 12.7. The minimum Gasteiger partial charge on any atom is -0.268 e. The fourth-order valence-corrected chi connectivity index (χ4v) is 2.93. The summed E-state index contributed by atoms with van der Waals surface area (Å²) in [5.74, 6) is 0. The van der Waals surface area contributed by atoms with Crippen LogP contribution in [0.1, 0.15) is 0 Å². The Morgan fingerprint density at radius 2 is 1.72 bits per heavy atom. The molecule has 0 aliphatic rings. The first-order chi connectivity index (χ1) is 12.0. The monoisotopic (exact) mass is 353 g/mol. The minimum absolute atomic E-state index is 0.335. The van der Waals surface area contributed by atoms with E-state index in [2.05, 4.69) is 20.1 Å². The Kier molecular flexibility index (Phi) is 3.52. The molecule has 0 spiro atoms. The SMILES string of the molecule is O=S(=O)(O)n1cc(-c2ccc3nccnc3c2)c(-c2ccccn2)n1. The molecule has 9 heteroatoms. The van der Waals surface area contributed by atoms with Crippen molar-refractivity contribution in [3.63, 3.8) is 0 Å². The Morgan fingerprint density at radius 1 is 0.920 bits per heavy atom. The van der Waals surface area contributed by atoms with Crippen molar-refractivity contribution in [3.05, 3.63) is 61.2 Å². The molecule has 4 rings (SSSR count). The van der Waals surface area contributed by atoms with Gasteiger partial charge in [-0.3, -0.25) is 19.5 Å². The number of hydrogen-bond acceptors (Lipinski definition) is 6. The van der Waals surface area contributed by atoms with Crippen LogP contribution < -0.4 is 0 Å². The highest BCUT2D eigenvalue weighted by molar-refractivity contribution is 7.84. The number of fused-ring (bicyclic) bond motifs is 1. The zero-order valence-corrected chi connectivity index (χ0v) is 13.5. The summed E-state index contributed by atoms with van der Waals surface area (Å²) < 4.78 is 32.8. The molecule has 0 amide bonds. The highest BCUT2D eigenvalue weighted by atomic mass is 32.2. The molecule has 0 unspecified atom stereocenters. The fraction of sp³-hybridized carbons (Fsp3) is 0. The third-order valence-electron chi connectivity index (χ3n) is 3.62. The van der Waals surface area contributed by atoms with Gasteiger partial charge in [0, 0.05) is 24.2 Å². The highest BCUT2D eigenvalue weighted by Crippen LogP contribution is 2.31. The third kappa shape index (κ3) is 2.86. The van der Waals surface area contributed by atoms with Gasteiger partial charge in [-0.1, -0.05) is 12.1 Å². The van der Waals surface area contributed by atoms with Crippen LogP contribution in [0.4, 0.5) is 0 Å². The fourth-order valence-electron chi connectivity index (χ4n) is 2.51. The Balaban J connectivity index is 1.97. The van der Waals surface area contributed by atoms with Gasteiger partial charge < -0.3 is 0 Å². The predicted molar refractivity (Wildman–Crippen MR) is 90.9 cm³/mol. The maximum atomic E-state index is 11.5. The third-order valence-corrected chi connectivity index (χ3v) is 4.28. The van der Waals surface area contributed by atoms with E-state index >= 15 is 0 Å². The molecule has 0 saturated carbocycles. The molecule has 3 aromatic heterocycles. The first kappa shape index (κ1) is 15.4. The van der Waals surface area contributed by atoms with Crippen molar-refractivity contribution in [2.75, 3.05) is 0 Å². The highest BCUT2D eigenvalue weighted by Gasteiger charge is 2.19. The molecular weight excluding hydrogens is 342 g/mol. The van der Waals surface area contributed by atoms with E-state index in [0.717, 1.165) is 0 Å². The van der Waals surface area contributed by atoms with E-state index in [1.807, 2.05) is 0 Å². The molecule has 4 aromatic rings. The van der Waals surface area contributed by atoms with Crippen LogP contribution in [-0.4, -0.2) is 37.1 Å². The summed E-state index contributed by atoms with van der Waals surface area (Å²) in [6, 6.07) is 10.6. The van der Waals surface area contributed by atoms with E-state index in [4.69, 9.17) is 0 Å². The molecule has 0 atom stereocenters. The summed E-state index contributed by atoms with van der Waals surface area (Å²) in [5, 5.41) is 3.99. The lowest BCUT2D eigenvalue weighted by atomic mass is 10.0. The summed E-state index contributed by atoms with van der Waals surface area (Å²) in [7, 11) is -4.51. The van der Waals surface area contributed by atoms with Gasteiger partial charge in [-0.05, 0) is 29.8 Å². The van der Waals surface area contributed by atoms with Gasteiger partial charge in [0.15, 0.2) is 0 Å². The first-order valence-electron chi connectivity index (χ1n) is 7.22. The van der Waals surface area contributed by atoms with E-state index in [1.165, 1.54) is 6.20 Å². The smallest absolute Gasteiger partial charge is 0.268 e. The minimum atomic E-state index is -4.51. The molecule has 0 bridgehead atoms. The first-order valence-corrected chi connectivity index (χ1v) is 8.62. The number of aromatic nitrogens is 5. The number of hydrogen-bond donors (Lipinski definition) is 1. The largest absolute Gasteiger partial charge is 0.379 e. The van der Waals surface area contributed by atoms with Crippen molar-refractivity contribution < 1.29 is 13.0 Å². The lowest BCUT2D eigenvalue weighted by Crippen LogP contribution is -2.11. The van der Waals surface area contributed by atoms with Crippen LogP contribution >= 0.6 is 0 Å². The van der Waals surface area contributed by atoms with E-state index in [-0.39, 0.29) is 0 Å². The van der Waals surface area contributed by atoms with Gasteiger partial charge >= 0.3 is 10.3 Å². The molecule has 25 heavy (non-hydrogen) atoms. The van der Waals surface area contributed by atoms with E-state index in [0.29, 0.717) is 37.6 Å². The van der Waals surface area contributed by atoms with E-state index < -0.39 is 10.3 Å². The number of nitrogens with zero attached hydrogens (tertiary/aromatic N) is 5. The van der Waals surface area contributed by atoms with Crippen LogP contribution in [0.3, 0.4) is 0 Å². The normalized spacial score (nSPS) is 11.7. The topological polar surface area (TPSA) is 111 Å². The molecule has 0 aliphatic carbocycles. The Labute approximate surface area is 142 Å². The molecule has 3 heterocycles. The van der Waals surface area contributed by atoms with Crippen LogP contribution in [0.5, 0.6) is 0 Å². The quantitative estimate of drug-likeness (QED) is 0.562. The summed E-state index contributed by atoms with van der Waals surface area (Å²) in [6.45, 7) is 0. The van der Waals surface area contributed by atoms with Crippen LogP contribution in [0.25, 0.3) is 33.5 Å². The number of pyridine rings is 1. The van der Waals surface area contributed by atoms with E-state index in [9.17, 15) is 13.0 Å². The van der Waals surface area contributed by atoms with Crippen molar-refractivity contribution in [2.45, 2.75) is 0 Å². The zero-order chi connectivity index (χ0) is 17.4. The van der Waals surface area contributed by atoms with E-state index in [1.54, 1.807) is 55.0 Å². The van der Waals surface area contributed by atoms with Crippen LogP contribution in [0, 0.1) is 0 Å². The second-order valence-electron chi connectivity index (χ2n) is 5.22. The van der Waals surface area contributed by atoms with Gasteiger partial charge in [0.05, 0.1) is 22.9 Å². The molecule has 1 N–H and O–H groups in total. The van der Waals surface area contributed by atoms with Crippen LogP contribution in [0.2, 0.25) is 0 Å². The van der Waals surface area contributed by atoms with Crippen molar-refractivity contribution in [1.82, 2.24) is 24.1 Å². The van der Waals surface area contributed by atoms with Gasteiger partial charge in [0.1, 0.15) is 5.69 Å². The average molecular weight is 353 g/mol. The van der Waals surface area contributed by atoms with Gasteiger partial charge in [-0.2, -0.15) is 13.5 Å². The summed E-state index contributed by atoms with van der Waals surface area (Å²) in [5.41, 5.74) is 3.38. The Hall–Kier alpha value is -3.17. The molecule has 8 nitrogen and oxygen atoms in total. The second-order valence-corrected chi connectivity index (χ2v) is 6.49. The van der Waals surface area contributed by atoms with Gasteiger partial charge in [0.2, 0.25) is 0 Å². The lowest BCUT2D eigenvalue weighted by molar-refractivity contribution is 0.466. The van der Waals surface area contributed by atoms with Crippen molar-refractivity contribution >= 4 is 21.3 Å². The van der Waals surface area contributed by atoms with Crippen molar-refractivity contribution in [3.8, 4) is 22.5 Å². The predicted octanol–water partition coefficient (Wildman–Crippen LogP) is 2.21. The maximum Gasteiger partial charge on any atom is 0.379 e. The van der Waals surface area contributed by atoms with Crippen molar-refractivity contribution in [1.29, 1.82) is 0 Å². The summed E-state index contributed by atoms with van der Waals surface area (Å²) >= 11 is 0. The average Bonchev–Trinajstić information content (AvgIpc) is 3.08. The van der Waals surface area contributed by atoms with Crippen molar-refractivity contribution in [2.24, 2.45) is 0 Å². The molecular formula is C16H11N5O3S.